The first-order chi connectivity index (χ1) is 9.74. The predicted molar refractivity (Wildman–Crippen MR) is 86.8 cm³/mol. The van der Waals surface area contributed by atoms with Gasteiger partial charge in [-0.3, -0.25) is 0 Å². The molecular formula is C17H27N3. The van der Waals surface area contributed by atoms with Crippen LogP contribution in [0.15, 0.2) is 24.3 Å². The van der Waals surface area contributed by atoms with Gasteiger partial charge in [0.1, 0.15) is 0 Å². The van der Waals surface area contributed by atoms with Gasteiger partial charge in [0.2, 0.25) is 0 Å². The van der Waals surface area contributed by atoms with Crippen molar-refractivity contribution >= 4 is 11.4 Å². The second-order valence-electron chi connectivity index (χ2n) is 6.44. The smallest absolute Gasteiger partial charge is 0.0604 e. The molecule has 0 bridgehead atoms. The molecule has 2 heterocycles. The molecule has 0 radical (unpaired) electrons. The summed E-state index contributed by atoms with van der Waals surface area (Å²) in [5, 5.41) is 3.51. The zero-order valence-corrected chi connectivity index (χ0v) is 12.9. The number of hydrogen-bond acceptors (Lipinski definition) is 3. The molecule has 2 aliphatic heterocycles. The Morgan fingerprint density at radius 1 is 1.10 bits per heavy atom. The zero-order chi connectivity index (χ0) is 14.0. The molecule has 110 valence electrons. The van der Waals surface area contributed by atoms with Crippen molar-refractivity contribution in [1.82, 2.24) is 5.32 Å². The van der Waals surface area contributed by atoms with Crippen LogP contribution in [0.4, 0.5) is 11.4 Å². The molecule has 20 heavy (non-hydrogen) atoms. The summed E-state index contributed by atoms with van der Waals surface area (Å²) < 4.78 is 0. The Balaban J connectivity index is 1.82. The number of nitrogens with zero attached hydrogens (tertiary/aromatic N) is 2. The van der Waals surface area contributed by atoms with E-state index in [1.165, 1.54) is 50.3 Å². The summed E-state index contributed by atoms with van der Waals surface area (Å²) in [4.78, 5) is 5.01. The van der Waals surface area contributed by atoms with E-state index in [-0.39, 0.29) is 0 Å². The highest BCUT2D eigenvalue weighted by Crippen LogP contribution is 2.38. The Kier molecular flexibility index (Phi) is 3.88. The maximum absolute atomic E-state index is 3.51. The molecule has 2 aliphatic rings. The summed E-state index contributed by atoms with van der Waals surface area (Å²) in [6, 6.07) is 8.86. The number of benzene rings is 1. The van der Waals surface area contributed by atoms with Gasteiger partial charge in [-0.25, -0.2) is 0 Å². The highest BCUT2D eigenvalue weighted by Gasteiger charge is 2.33. The van der Waals surface area contributed by atoms with Crippen molar-refractivity contribution < 1.29 is 0 Å². The lowest BCUT2D eigenvalue weighted by Crippen LogP contribution is -2.48. The van der Waals surface area contributed by atoms with Crippen LogP contribution < -0.4 is 15.1 Å². The van der Waals surface area contributed by atoms with Crippen molar-refractivity contribution in [3.63, 3.8) is 0 Å². The first kappa shape index (κ1) is 13.7. The van der Waals surface area contributed by atoms with Crippen molar-refractivity contribution in [3.8, 4) is 0 Å². The zero-order valence-electron chi connectivity index (χ0n) is 12.9. The molecule has 0 saturated carbocycles. The van der Waals surface area contributed by atoms with Crippen LogP contribution in [0, 0.1) is 5.41 Å². The second-order valence-corrected chi connectivity index (χ2v) is 6.44. The average molecular weight is 273 g/mol. The average Bonchev–Trinajstić information content (AvgIpc) is 2.51. The van der Waals surface area contributed by atoms with Gasteiger partial charge in [-0.05, 0) is 49.9 Å². The molecule has 3 nitrogen and oxygen atoms in total. The van der Waals surface area contributed by atoms with Crippen LogP contribution in [0.1, 0.15) is 26.2 Å². The minimum absolute atomic E-state index is 0.508. The van der Waals surface area contributed by atoms with Crippen molar-refractivity contribution in [2.24, 2.45) is 5.41 Å². The van der Waals surface area contributed by atoms with E-state index >= 15 is 0 Å². The second kappa shape index (κ2) is 5.65. The van der Waals surface area contributed by atoms with Gasteiger partial charge in [-0.2, -0.15) is 0 Å². The predicted octanol–water partition coefficient (Wildman–Crippen LogP) is 2.72. The molecule has 1 saturated heterocycles. The van der Waals surface area contributed by atoms with Gasteiger partial charge < -0.3 is 15.1 Å². The molecule has 0 aromatic heterocycles. The molecule has 0 amide bonds. The maximum atomic E-state index is 3.51. The minimum Gasteiger partial charge on any atom is -0.371 e. The molecule has 1 N–H and O–H groups in total. The van der Waals surface area contributed by atoms with E-state index in [4.69, 9.17) is 0 Å². The van der Waals surface area contributed by atoms with Gasteiger partial charge in [-0.15, -0.1) is 0 Å². The third kappa shape index (κ3) is 2.51. The number of anilines is 2. The van der Waals surface area contributed by atoms with Gasteiger partial charge >= 0.3 is 0 Å². The number of rotatable bonds is 3. The minimum atomic E-state index is 0.508. The molecular weight excluding hydrogens is 246 g/mol. The number of fused-ring (bicyclic) bond motifs is 1. The van der Waals surface area contributed by atoms with Crippen molar-refractivity contribution in [2.45, 2.75) is 26.2 Å². The molecule has 1 fully saturated rings. The van der Waals surface area contributed by atoms with E-state index in [9.17, 15) is 0 Å². The Morgan fingerprint density at radius 3 is 2.50 bits per heavy atom. The van der Waals surface area contributed by atoms with Gasteiger partial charge in [0.25, 0.3) is 0 Å². The number of piperidine rings is 1. The van der Waals surface area contributed by atoms with Crippen LogP contribution in [0.2, 0.25) is 0 Å². The number of likely N-dealkylation sites (N-methyl/N-ethyl adjacent to an activating group) is 1. The number of nitrogens with one attached hydrogen (secondary N) is 1. The molecule has 1 aromatic carbocycles. The van der Waals surface area contributed by atoms with Crippen LogP contribution >= 0.6 is 0 Å². The SMILES string of the molecule is CCC1(CN2CCN(C)c3ccccc32)CCNCC1. The third-order valence-corrected chi connectivity index (χ3v) is 5.28. The molecule has 0 unspecified atom stereocenters. The summed E-state index contributed by atoms with van der Waals surface area (Å²) in [7, 11) is 2.20. The lowest BCUT2D eigenvalue weighted by Gasteiger charge is -2.45. The largest absolute Gasteiger partial charge is 0.371 e. The molecule has 3 rings (SSSR count). The lowest BCUT2D eigenvalue weighted by atomic mass is 9.76. The first-order valence-corrected chi connectivity index (χ1v) is 8.00. The summed E-state index contributed by atoms with van der Waals surface area (Å²) >= 11 is 0. The summed E-state index contributed by atoms with van der Waals surface area (Å²) in [5.41, 5.74) is 3.32. The quantitative estimate of drug-likeness (QED) is 0.913. The number of hydrogen-bond donors (Lipinski definition) is 1. The third-order valence-electron chi connectivity index (χ3n) is 5.28. The van der Waals surface area contributed by atoms with Gasteiger partial charge in [-0.1, -0.05) is 19.1 Å². The summed E-state index contributed by atoms with van der Waals surface area (Å²) in [6.45, 7) is 8.24. The molecule has 0 aliphatic carbocycles. The highest BCUT2D eigenvalue weighted by atomic mass is 15.3. The Bertz CT molecular complexity index is 451. The van der Waals surface area contributed by atoms with E-state index in [0.717, 1.165) is 13.1 Å². The normalized spacial score (nSPS) is 21.7. The van der Waals surface area contributed by atoms with Crippen LogP contribution in [0.25, 0.3) is 0 Å². The first-order valence-electron chi connectivity index (χ1n) is 8.00. The fourth-order valence-corrected chi connectivity index (χ4v) is 3.72. The molecule has 0 spiro atoms. The Hall–Kier alpha value is -1.22. The fraction of sp³-hybridized carbons (Fsp3) is 0.647. The standard InChI is InChI=1S/C17H27N3/c1-3-17(8-10-18-11-9-17)14-20-13-12-19(2)15-6-4-5-7-16(15)20/h4-7,18H,3,8-14H2,1-2H3. The van der Waals surface area contributed by atoms with Gasteiger partial charge in [0.05, 0.1) is 11.4 Å². The van der Waals surface area contributed by atoms with Crippen molar-refractivity contribution in [1.29, 1.82) is 0 Å². The fourth-order valence-electron chi connectivity index (χ4n) is 3.72. The maximum Gasteiger partial charge on any atom is 0.0604 e. The molecule has 1 aromatic rings. The summed E-state index contributed by atoms with van der Waals surface area (Å²) in [5.74, 6) is 0. The van der Waals surface area contributed by atoms with E-state index in [0.29, 0.717) is 5.41 Å². The van der Waals surface area contributed by atoms with E-state index in [1.54, 1.807) is 0 Å². The molecule has 3 heteroatoms. The van der Waals surface area contributed by atoms with Gasteiger partial charge in [0.15, 0.2) is 0 Å². The Labute approximate surface area is 123 Å². The van der Waals surface area contributed by atoms with Gasteiger partial charge in [0, 0.05) is 26.7 Å². The van der Waals surface area contributed by atoms with E-state index in [1.807, 2.05) is 0 Å². The van der Waals surface area contributed by atoms with Crippen LogP contribution in [0.5, 0.6) is 0 Å². The van der Waals surface area contributed by atoms with Crippen LogP contribution in [-0.2, 0) is 0 Å². The van der Waals surface area contributed by atoms with Crippen molar-refractivity contribution in [2.75, 3.05) is 49.6 Å². The highest BCUT2D eigenvalue weighted by molar-refractivity contribution is 5.73. The lowest BCUT2D eigenvalue weighted by molar-refractivity contribution is 0.198. The monoisotopic (exact) mass is 273 g/mol. The Morgan fingerprint density at radius 2 is 1.80 bits per heavy atom. The van der Waals surface area contributed by atoms with E-state index < -0.39 is 0 Å². The van der Waals surface area contributed by atoms with Crippen LogP contribution in [0.3, 0.4) is 0 Å². The van der Waals surface area contributed by atoms with Crippen molar-refractivity contribution in [3.05, 3.63) is 24.3 Å². The number of para-hydroxylation sites is 2. The summed E-state index contributed by atoms with van der Waals surface area (Å²) in [6.07, 6.45) is 3.93. The van der Waals surface area contributed by atoms with E-state index in [2.05, 4.69) is 53.4 Å². The molecule has 0 atom stereocenters. The topological polar surface area (TPSA) is 18.5 Å². The van der Waals surface area contributed by atoms with Crippen LogP contribution in [-0.4, -0.2) is 39.8 Å².